The van der Waals surface area contributed by atoms with Crippen LogP contribution in [0, 0.1) is 18.8 Å². The van der Waals surface area contributed by atoms with Crippen molar-refractivity contribution in [3.05, 3.63) is 69.0 Å². The molecule has 0 spiro atoms. The third-order valence-electron chi connectivity index (χ3n) is 5.94. The van der Waals surface area contributed by atoms with Gasteiger partial charge in [-0.25, -0.2) is 4.79 Å². The Bertz CT molecular complexity index is 1450. The van der Waals surface area contributed by atoms with E-state index in [2.05, 4.69) is 22.3 Å². The fourth-order valence-electron chi connectivity index (χ4n) is 3.68. The monoisotopic (exact) mass is 491 g/mol. The van der Waals surface area contributed by atoms with Gasteiger partial charge in [-0.15, -0.1) is 22.7 Å². The number of nitrogens with one attached hydrogen (secondary N) is 1. The summed E-state index contributed by atoms with van der Waals surface area (Å²) in [5, 5.41) is 16.5. The number of carbonyl (C=O) groups excluding carboxylic acids is 1. The van der Waals surface area contributed by atoms with Gasteiger partial charge in [0.05, 0.1) is 16.6 Å². The van der Waals surface area contributed by atoms with E-state index in [-0.39, 0.29) is 6.61 Å². The highest BCUT2D eigenvalue weighted by Crippen LogP contribution is 2.52. The summed E-state index contributed by atoms with van der Waals surface area (Å²) >= 11 is 3.06. The quantitative estimate of drug-likeness (QED) is 0.371. The first-order valence-corrected chi connectivity index (χ1v) is 12.3. The number of amides is 1. The van der Waals surface area contributed by atoms with Crippen LogP contribution in [-0.2, 0) is 28.6 Å². The number of nitrogens with zero attached hydrogens (tertiary/aromatic N) is 2. The maximum atomic E-state index is 12.4. The third-order valence-corrected chi connectivity index (χ3v) is 8.35. The van der Waals surface area contributed by atoms with Gasteiger partial charge in [0.2, 0.25) is 0 Å². The van der Waals surface area contributed by atoms with Gasteiger partial charge in [-0.2, -0.15) is 5.10 Å². The van der Waals surface area contributed by atoms with Crippen molar-refractivity contribution in [2.24, 2.45) is 7.05 Å². The van der Waals surface area contributed by atoms with E-state index in [1.54, 1.807) is 17.9 Å². The van der Waals surface area contributed by atoms with E-state index < -0.39 is 17.5 Å². The summed E-state index contributed by atoms with van der Waals surface area (Å²) in [7, 11) is 1.72. The number of benzene rings is 1. The van der Waals surface area contributed by atoms with Crippen molar-refractivity contribution in [3.8, 4) is 11.8 Å². The van der Waals surface area contributed by atoms with Crippen LogP contribution in [0.2, 0.25) is 0 Å². The molecular weight excluding hydrogens is 470 g/mol. The molecule has 1 amide bonds. The molecule has 1 fully saturated rings. The lowest BCUT2D eigenvalue weighted by Gasteiger charge is -2.09. The van der Waals surface area contributed by atoms with Crippen LogP contribution in [0.15, 0.2) is 42.6 Å². The van der Waals surface area contributed by atoms with E-state index in [0.717, 1.165) is 30.3 Å². The summed E-state index contributed by atoms with van der Waals surface area (Å²) in [5.74, 6) is 5.94. The van der Waals surface area contributed by atoms with Crippen molar-refractivity contribution in [1.82, 2.24) is 9.78 Å². The topological polar surface area (TPSA) is 93.4 Å². The number of thiophene rings is 2. The summed E-state index contributed by atoms with van der Waals surface area (Å²) in [6.07, 6.45) is 2.42. The molecule has 3 aromatic heterocycles. The van der Waals surface area contributed by atoms with Crippen molar-refractivity contribution < 1.29 is 19.4 Å². The number of hydrogen-bond donors (Lipinski definition) is 2. The summed E-state index contributed by atoms with van der Waals surface area (Å²) in [5.41, 5.74) is 1.90. The zero-order valence-corrected chi connectivity index (χ0v) is 20.2. The average molecular weight is 492 g/mol. The minimum absolute atomic E-state index is 0.175. The van der Waals surface area contributed by atoms with Crippen molar-refractivity contribution in [1.29, 1.82) is 0 Å². The van der Waals surface area contributed by atoms with Crippen LogP contribution in [0.5, 0.6) is 0 Å². The van der Waals surface area contributed by atoms with E-state index >= 15 is 0 Å². The Morgan fingerprint density at radius 1 is 1.21 bits per heavy atom. The molecule has 0 bridgehead atoms. The van der Waals surface area contributed by atoms with E-state index in [9.17, 15) is 14.7 Å². The van der Waals surface area contributed by atoms with Crippen LogP contribution >= 0.6 is 22.7 Å². The number of carboxylic acids is 1. The fraction of sp³-hybridized carbons (Fsp3) is 0.240. The van der Waals surface area contributed by atoms with Gasteiger partial charge in [-0.3, -0.25) is 14.8 Å². The van der Waals surface area contributed by atoms with Gasteiger partial charge < -0.3 is 9.84 Å². The molecule has 1 aliphatic carbocycles. The zero-order chi connectivity index (χ0) is 23.9. The number of aromatic nitrogens is 2. The lowest BCUT2D eigenvalue weighted by atomic mass is 10.1. The first-order chi connectivity index (χ1) is 16.4. The number of fused-ring (bicyclic) bond motifs is 1. The Balaban J connectivity index is 1.29. The molecule has 9 heteroatoms. The highest BCUT2D eigenvalue weighted by Gasteiger charge is 2.53. The molecular formula is C25H21N3O4S2. The lowest BCUT2D eigenvalue weighted by Crippen LogP contribution is -2.17. The summed E-state index contributed by atoms with van der Waals surface area (Å²) in [6.45, 7) is 2.14. The molecule has 34 heavy (non-hydrogen) atoms. The number of hydrogen-bond acceptors (Lipinski definition) is 6. The third kappa shape index (κ3) is 4.18. The second-order valence-electron chi connectivity index (χ2n) is 8.25. The summed E-state index contributed by atoms with van der Waals surface area (Å²) < 4.78 is 8.99. The smallest absolute Gasteiger partial charge is 0.413 e. The molecule has 0 unspecified atom stereocenters. The molecule has 0 saturated heterocycles. The molecule has 7 nitrogen and oxygen atoms in total. The molecule has 2 N–H and O–H groups in total. The Kier molecular flexibility index (Phi) is 5.63. The molecule has 172 valence electrons. The molecule has 1 aliphatic rings. The van der Waals surface area contributed by atoms with Gasteiger partial charge in [0.1, 0.15) is 17.8 Å². The molecule has 0 atom stereocenters. The highest BCUT2D eigenvalue weighted by molar-refractivity contribution is 7.28. The van der Waals surface area contributed by atoms with Crippen molar-refractivity contribution in [2.75, 3.05) is 5.32 Å². The number of carbonyl (C=O) groups is 2. The SMILES string of the molecule is Cc1ccccc1COC(=O)Nc1c(C#Cc2cc3sc(C4(C(=O)O)CC4)cc3s2)cnn1C. The summed E-state index contributed by atoms with van der Waals surface area (Å²) in [4.78, 5) is 25.7. The van der Waals surface area contributed by atoms with Crippen LogP contribution in [-0.4, -0.2) is 26.9 Å². The van der Waals surface area contributed by atoms with Crippen LogP contribution in [0.4, 0.5) is 10.6 Å². The predicted octanol–water partition coefficient (Wildman–Crippen LogP) is 5.27. The van der Waals surface area contributed by atoms with Crippen LogP contribution < -0.4 is 5.32 Å². The molecule has 4 aromatic rings. The Hall–Kier alpha value is -3.61. The van der Waals surface area contributed by atoms with Gasteiger partial charge in [-0.1, -0.05) is 36.1 Å². The van der Waals surface area contributed by atoms with Gasteiger partial charge in [0.15, 0.2) is 0 Å². The fourth-order valence-corrected chi connectivity index (χ4v) is 6.17. The van der Waals surface area contributed by atoms with Gasteiger partial charge >= 0.3 is 12.1 Å². The Morgan fingerprint density at radius 3 is 2.68 bits per heavy atom. The van der Waals surface area contributed by atoms with Crippen molar-refractivity contribution in [3.63, 3.8) is 0 Å². The number of rotatable bonds is 5. The Labute approximate surface area is 204 Å². The lowest BCUT2D eigenvalue weighted by molar-refractivity contribution is -0.139. The first-order valence-electron chi connectivity index (χ1n) is 10.7. The van der Waals surface area contributed by atoms with Crippen LogP contribution in [0.1, 0.15) is 39.3 Å². The van der Waals surface area contributed by atoms with Gasteiger partial charge in [-0.05, 0) is 43.0 Å². The number of aryl methyl sites for hydroxylation is 2. The number of ether oxygens (including phenoxy) is 1. The van der Waals surface area contributed by atoms with E-state index in [1.165, 1.54) is 22.7 Å². The first kappa shape index (κ1) is 22.2. The predicted molar refractivity (Wildman–Crippen MR) is 132 cm³/mol. The standard InChI is InChI=1S/C25H21N3O4S2/c1-15-5-3-4-6-17(15)14-32-24(31)27-22-16(13-26-28(22)2)7-8-18-11-19-20(33-18)12-21(34-19)25(9-10-25)23(29)30/h3-6,11-13H,9-10,14H2,1-2H3,(H,27,31)(H,29,30). The molecule has 5 rings (SSSR count). The second-order valence-corrected chi connectivity index (χ2v) is 10.4. The second kappa shape index (κ2) is 8.63. The molecule has 0 radical (unpaired) electrons. The van der Waals surface area contributed by atoms with E-state index in [0.29, 0.717) is 24.2 Å². The highest BCUT2D eigenvalue weighted by atomic mass is 32.1. The van der Waals surface area contributed by atoms with Crippen molar-refractivity contribution >= 4 is 50.0 Å². The minimum Gasteiger partial charge on any atom is -0.481 e. The minimum atomic E-state index is -0.740. The number of aliphatic carboxylic acids is 1. The summed E-state index contributed by atoms with van der Waals surface area (Å²) in [6, 6.07) is 11.7. The molecule has 3 heterocycles. The maximum Gasteiger partial charge on any atom is 0.413 e. The largest absolute Gasteiger partial charge is 0.481 e. The van der Waals surface area contributed by atoms with Crippen molar-refractivity contribution in [2.45, 2.75) is 31.8 Å². The van der Waals surface area contributed by atoms with E-state index in [1.807, 2.05) is 43.3 Å². The van der Waals surface area contributed by atoms with Gasteiger partial charge in [0.25, 0.3) is 0 Å². The van der Waals surface area contributed by atoms with Crippen LogP contribution in [0.25, 0.3) is 9.40 Å². The average Bonchev–Trinajstić information content (AvgIpc) is 3.25. The number of carboxylic acid groups (broad SMARTS) is 1. The molecule has 1 saturated carbocycles. The van der Waals surface area contributed by atoms with E-state index in [4.69, 9.17) is 4.74 Å². The zero-order valence-electron chi connectivity index (χ0n) is 18.5. The molecule has 0 aliphatic heterocycles. The van der Waals surface area contributed by atoms with Gasteiger partial charge in [0, 0.05) is 21.3 Å². The molecule has 1 aromatic carbocycles. The van der Waals surface area contributed by atoms with Crippen LogP contribution in [0.3, 0.4) is 0 Å². The normalized spacial score (nSPS) is 13.8. The number of anilines is 1. The maximum absolute atomic E-state index is 12.4. The Morgan fingerprint density at radius 2 is 1.97 bits per heavy atom.